The van der Waals surface area contributed by atoms with Gasteiger partial charge in [0.2, 0.25) is 5.91 Å². The monoisotopic (exact) mass is 255 g/mol. The molecule has 1 saturated carbocycles. The number of nitrogens with zero attached hydrogens (tertiary/aromatic N) is 2. The van der Waals surface area contributed by atoms with Gasteiger partial charge in [0.1, 0.15) is 6.61 Å². The van der Waals surface area contributed by atoms with E-state index in [9.17, 15) is 4.79 Å². The maximum atomic E-state index is 11.9. The number of rotatable bonds is 4. The second-order valence-electron chi connectivity index (χ2n) is 5.75. The molecule has 1 heterocycles. The van der Waals surface area contributed by atoms with Crippen molar-refractivity contribution in [3.63, 3.8) is 0 Å². The van der Waals surface area contributed by atoms with Crippen LogP contribution in [0.25, 0.3) is 0 Å². The van der Waals surface area contributed by atoms with E-state index in [0.717, 1.165) is 39.0 Å². The van der Waals surface area contributed by atoms with Crippen LogP contribution in [-0.2, 0) is 9.53 Å². The zero-order valence-corrected chi connectivity index (χ0v) is 11.4. The first-order chi connectivity index (χ1) is 8.59. The van der Waals surface area contributed by atoms with E-state index in [4.69, 9.17) is 10.5 Å². The number of ether oxygens (including phenoxy) is 1. The van der Waals surface area contributed by atoms with E-state index in [1.54, 1.807) is 0 Å². The minimum Gasteiger partial charge on any atom is -0.370 e. The van der Waals surface area contributed by atoms with Crippen LogP contribution >= 0.6 is 0 Å². The lowest BCUT2D eigenvalue weighted by Crippen LogP contribution is -2.49. The third-order valence-electron chi connectivity index (χ3n) is 4.07. The fourth-order valence-electron chi connectivity index (χ4n) is 2.71. The SMILES string of the molecule is CN1CCN(C(=O)COCC2(N)CCCC2)CC1. The molecule has 0 bridgehead atoms. The highest BCUT2D eigenvalue weighted by Crippen LogP contribution is 2.27. The smallest absolute Gasteiger partial charge is 0.248 e. The van der Waals surface area contributed by atoms with Crippen LogP contribution in [0.3, 0.4) is 0 Å². The van der Waals surface area contributed by atoms with E-state index >= 15 is 0 Å². The lowest BCUT2D eigenvalue weighted by molar-refractivity contribution is -0.138. The Kier molecular flexibility index (Phi) is 4.59. The number of carbonyl (C=O) groups excluding carboxylic acids is 1. The van der Waals surface area contributed by atoms with Crippen molar-refractivity contribution in [2.24, 2.45) is 5.73 Å². The molecule has 2 aliphatic rings. The number of hydrogen-bond acceptors (Lipinski definition) is 4. The fraction of sp³-hybridized carbons (Fsp3) is 0.923. The van der Waals surface area contributed by atoms with Gasteiger partial charge in [-0.2, -0.15) is 0 Å². The van der Waals surface area contributed by atoms with Gasteiger partial charge in [-0.1, -0.05) is 12.8 Å². The Balaban J connectivity index is 1.65. The van der Waals surface area contributed by atoms with Crippen LogP contribution in [0.5, 0.6) is 0 Å². The van der Waals surface area contributed by atoms with Crippen molar-refractivity contribution < 1.29 is 9.53 Å². The van der Waals surface area contributed by atoms with Crippen LogP contribution in [0.1, 0.15) is 25.7 Å². The second kappa shape index (κ2) is 5.99. The molecule has 18 heavy (non-hydrogen) atoms. The number of hydrogen-bond donors (Lipinski definition) is 1. The summed E-state index contributed by atoms with van der Waals surface area (Å²) in [5, 5.41) is 0. The van der Waals surface area contributed by atoms with Crippen LogP contribution in [0.15, 0.2) is 0 Å². The van der Waals surface area contributed by atoms with Gasteiger partial charge < -0.3 is 20.3 Å². The standard InChI is InChI=1S/C13H25N3O2/c1-15-6-8-16(9-7-15)12(17)10-18-11-13(14)4-2-3-5-13/h2-11,14H2,1H3. The van der Waals surface area contributed by atoms with Gasteiger partial charge in [0.15, 0.2) is 0 Å². The van der Waals surface area contributed by atoms with E-state index in [0.29, 0.717) is 6.61 Å². The number of nitrogens with two attached hydrogens (primary N) is 1. The molecule has 104 valence electrons. The van der Waals surface area contributed by atoms with Gasteiger partial charge in [-0.3, -0.25) is 4.79 Å². The van der Waals surface area contributed by atoms with Crippen molar-refractivity contribution in [1.82, 2.24) is 9.80 Å². The van der Waals surface area contributed by atoms with Crippen LogP contribution in [0.4, 0.5) is 0 Å². The highest BCUT2D eigenvalue weighted by atomic mass is 16.5. The molecule has 0 spiro atoms. The minimum atomic E-state index is -0.178. The Labute approximate surface area is 109 Å². The predicted octanol–water partition coefficient (Wildman–Crippen LogP) is 0.0485. The second-order valence-corrected chi connectivity index (χ2v) is 5.75. The van der Waals surface area contributed by atoms with Gasteiger partial charge in [0.05, 0.1) is 6.61 Å². The average molecular weight is 255 g/mol. The molecule has 1 aliphatic heterocycles. The van der Waals surface area contributed by atoms with Crippen molar-refractivity contribution in [3.8, 4) is 0 Å². The summed E-state index contributed by atoms with van der Waals surface area (Å²) >= 11 is 0. The highest BCUT2D eigenvalue weighted by Gasteiger charge is 2.30. The molecule has 0 unspecified atom stereocenters. The molecule has 0 aromatic carbocycles. The maximum Gasteiger partial charge on any atom is 0.248 e. The van der Waals surface area contributed by atoms with Gasteiger partial charge in [-0.05, 0) is 19.9 Å². The van der Waals surface area contributed by atoms with E-state index in [1.165, 1.54) is 12.8 Å². The molecule has 0 aromatic rings. The van der Waals surface area contributed by atoms with E-state index in [2.05, 4.69) is 11.9 Å². The number of carbonyl (C=O) groups is 1. The van der Waals surface area contributed by atoms with Crippen LogP contribution < -0.4 is 5.73 Å². The average Bonchev–Trinajstić information content (AvgIpc) is 2.77. The Hall–Kier alpha value is -0.650. The van der Waals surface area contributed by atoms with Crippen molar-refractivity contribution in [3.05, 3.63) is 0 Å². The molecule has 2 fully saturated rings. The third-order valence-corrected chi connectivity index (χ3v) is 4.07. The van der Waals surface area contributed by atoms with Crippen molar-refractivity contribution in [1.29, 1.82) is 0 Å². The van der Waals surface area contributed by atoms with Crippen LogP contribution in [0, 0.1) is 0 Å². The Morgan fingerprint density at radius 3 is 2.44 bits per heavy atom. The van der Waals surface area contributed by atoms with Gasteiger partial charge in [-0.15, -0.1) is 0 Å². The van der Waals surface area contributed by atoms with Gasteiger partial charge in [-0.25, -0.2) is 0 Å². The summed E-state index contributed by atoms with van der Waals surface area (Å²) in [4.78, 5) is 16.0. The van der Waals surface area contributed by atoms with Crippen molar-refractivity contribution in [2.75, 3.05) is 46.4 Å². The van der Waals surface area contributed by atoms with Gasteiger partial charge in [0.25, 0.3) is 0 Å². The molecule has 1 aliphatic carbocycles. The summed E-state index contributed by atoms with van der Waals surface area (Å²) in [6.45, 7) is 4.23. The molecular weight excluding hydrogens is 230 g/mol. The normalized spacial score (nSPS) is 24.4. The first-order valence-corrected chi connectivity index (χ1v) is 6.92. The molecule has 1 saturated heterocycles. The summed E-state index contributed by atoms with van der Waals surface area (Å²) in [5.41, 5.74) is 6.01. The summed E-state index contributed by atoms with van der Waals surface area (Å²) < 4.78 is 5.53. The Morgan fingerprint density at radius 1 is 1.22 bits per heavy atom. The third kappa shape index (κ3) is 3.67. The highest BCUT2D eigenvalue weighted by molar-refractivity contribution is 5.77. The minimum absolute atomic E-state index is 0.102. The first kappa shape index (κ1) is 13.8. The predicted molar refractivity (Wildman–Crippen MR) is 70.3 cm³/mol. The summed E-state index contributed by atoms with van der Waals surface area (Å²) in [6.07, 6.45) is 4.42. The molecule has 5 nitrogen and oxygen atoms in total. The number of amides is 1. The summed E-state index contributed by atoms with van der Waals surface area (Å²) in [5.74, 6) is 0.102. The van der Waals surface area contributed by atoms with Gasteiger partial charge >= 0.3 is 0 Å². The lowest BCUT2D eigenvalue weighted by atomic mass is 10.0. The Morgan fingerprint density at radius 2 is 1.83 bits per heavy atom. The molecule has 2 N–H and O–H groups in total. The molecule has 0 atom stereocenters. The van der Waals surface area contributed by atoms with Gasteiger partial charge in [0, 0.05) is 31.7 Å². The largest absolute Gasteiger partial charge is 0.370 e. The quantitative estimate of drug-likeness (QED) is 0.771. The maximum absolute atomic E-state index is 11.9. The first-order valence-electron chi connectivity index (χ1n) is 6.92. The van der Waals surface area contributed by atoms with E-state index in [-0.39, 0.29) is 18.1 Å². The zero-order valence-electron chi connectivity index (χ0n) is 11.4. The van der Waals surface area contributed by atoms with Crippen molar-refractivity contribution >= 4 is 5.91 Å². The zero-order chi connectivity index (χ0) is 13.0. The molecule has 2 rings (SSSR count). The Bertz CT molecular complexity index is 282. The molecular formula is C13H25N3O2. The van der Waals surface area contributed by atoms with E-state index < -0.39 is 0 Å². The summed E-state index contributed by atoms with van der Waals surface area (Å²) in [6, 6.07) is 0. The van der Waals surface area contributed by atoms with Crippen molar-refractivity contribution in [2.45, 2.75) is 31.2 Å². The summed E-state index contributed by atoms with van der Waals surface area (Å²) in [7, 11) is 2.08. The topological polar surface area (TPSA) is 58.8 Å². The molecule has 0 aromatic heterocycles. The number of piperazine rings is 1. The molecule has 0 radical (unpaired) electrons. The molecule has 5 heteroatoms. The van der Waals surface area contributed by atoms with Crippen LogP contribution in [0.2, 0.25) is 0 Å². The van der Waals surface area contributed by atoms with E-state index in [1.807, 2.05) is 4.90 Å². The molecule has 1 amide bonds. The fourth-order valence-corrected chi connectivity index (χ4v) is 2.71. The number of likely N-dealkylation sites (N-methyl/N-ethyl adjacent to an activating group) is 1. The van der Waals surface area contributed by atoms with Crippen LogP contribution in [-0.4, -0.2) is 67.7 Å². The lowest BCUT2D eigenvalue weighted by Gasteiger charge is -2.32.